The van der Waals surface area contributed by atoms with Crippen molar-refractivity contribution in [3.05, 3.63) is 12.2 Å². The van der Waals surface area contributed by atoms with E-state index in [1.165, 1.54) is 0 Å². The second kappa shape index (κ2) is 7.38. The number of allylic oxidation sites excluding steroid dienone is 1. The van der Waals surface area contributed by atoms with Gasteiger partial charge >= 0.3 is 0 Å². The number of aliphatic hydroxyl groups is 2. The highest BCUT2D eigenvalue weighted by Crippen LogP contribution is 2.21. The molecule has 0 bridgehead atoms. The molecule has 0 aliphatic carbocycles. The predicted octanol–water partition coefficient (Wildman–Crippen LogP) is 0.617. The quantitative estimate of drug-likeness (QED) is 0.749. The molecule has 0 saturated carbocycles. The van der Waals surface area contributed by atoms with Crippen molar-refractivity contribution < 1.29 is 15.0 Å². The lowest BCUT2D eigenvalue weighted by molar-refractivity contribution is -0.131. The highest BCUT2D eigenvalue weighted by atomic mass is 16.3. The first kappa shape index (κ1) is 16.5. The smallest absolute Gasteiger partial charge is 0.246 e. The Kier molecular flexibility index (Phi) is 5.79. The van der Waals surface area contributed by atoms with Crippen molar-refractivity contribution in [2.24, 2.45) is 5.92 Å². The van der Waals surface area contributed by atoms with Gasteiger partial charge in [0.25, 0.3) is 0 Å². The van der Waals surface area contributed by atoms with Crippen LogP contribution in [0.1, 0.15) is 33.1 Å². The van der Waals surface area contributed by atoms with Crippen molar-refractivity contribution >= 4 is 5.91 Å². The molecule has 2 aliphatic rings. The molecule has 1 amide bonds. The standard InChI is InChI=1S/C16H28N2O3/c1-12(2)3-4-16(21)18-10-7-14(15(20)11-18)17-8-5-13(19)6-9-17/h3-4,12-15,19-20H,5-11H2,1-2H3/b4-3+/t14-,15-/m1/s1. The van der Waals surface area contributed by atoms with Crippen LogP contribution in [0.25, 0.3) is 0 Å². The normalized spacial score (nSPS) is 29.5. The fourth-order valence-corrected chi connectivity index (χ4v) is 3.14. The first-order chi connectivity index (χ1) is 9.97. The number of carbonyl (C=O) groups is 1. The summed E-state index contributed by atoms with van der Waals surface area (Å²) in [4.78, 5) is 16.1. The summed E-state index contributed by atoms with van der Waals surface area (Å²) in [6.07, 6.45) is 5.19. The molecule has 120 valence electrons. The van der Waals surface area contributed by atoms with Gasteiger partial charge in [-0.15, -0.1) is 0 Å². The minimum atomic E-state index is -0.495. The molecule has 2 rings (SSSR count). The molecule has 5 heteroatoms. The number of rotatable bonds is 3. The Labute approximate surface area is 127 Å². The topological polar surface area (TPSA) is 64.0 Å². The van der Waals surface area contributed by atoms with Gasteiger partial charge in [-0.05, 0) is 31.3 Å². The molecule has 0 unspecified atom stereocenters. The number of amides is 1. The third-order valence-electron chi connectivity index (χ3n) is 4.45. The van der Waals surface area contributed by atoms with Crippen molar-refractivity contribution in [3.63, 3.8) is 0 Å². The first-order valence-electron chi connectivity index (χ1n) is 8.04. The molecule has 2 atom stereocenters. The highest BCUT2D eigenvalue weighted by Gasteiger charge is 2.34. The zero-order chi connectivity index (χ0) is 15.4. The molecule has 2 aliphatic heterocycles. The summed E-state index contributed by atoms with van der Waals surface area (Å²) in [6, 6.07) is 0.121. The Morgan fingerprint density at radius 2 is 1.81 bits per heavy atom. The van der Waals surface area contributed by atoms with Crippen LogP contribution >= 0.6 is 0 Å². The van der Waals surface area contributed by atoms with Gasteiger partial charge in [0.15, 0.2) is 0 Å². The Hall–Kier alpha value is -0.910. The van der Waals surface area contributed by atoms with Crippen LogP contribution in [0.5, 0.6) is 0 Å². The van der Waals surface area contributed by atoms with E-state index in [4.69, 9.17) is 0 Å². The van der Waals surface area contributed by atoms with Crippen molar-refractivity contribution in [1.82, 2.24) is 9.80 Å². The van der Waals surface area contributed by atoms with Gasteiger partial charge in [-0.3, -0.25) is 9.69 Å². The zero-order valence-corrected chi connectivity index (χ0v) is 13.1. The van der Waals surface area contributed by atoms with Crippen molar-refractivity contribution in [2.75, 3.05) is 26.2 Å². The number of nitrogens with zero attached hydrogens (tertiary/aromatic N) is 2. The van der Waals surface area contributed by atoms with E-state index in [0.29, 0.717) is 19.0 Å². The highest BCUT2D eigenvalue weighted by molar-refractivity contribution is 5.87. The van der Waals surface area contributed by atoms with E-state index in [9.17, 15) is 15.0 Å². The monoisotopic (exact) mass is 296 g/mol. The number of likely N-dealkylation sites (tertiary alicyclic amines) is 2. The first-order valence-corrected chi connectivity index (χ1v) is 8.04. The lowest BCUT2D eigenvalue weighted by Gasteiger charge is -2.43. The number of carbonyl (C=O) groups excluding carboxylic acids is 1. The molecule has 0 aromatic rings. The summed E-state index contributed by atoms with van der Waals surface area (Å²) in [6.45, 7) is 6.85. The van der Waals surface area contributed by atoms with E-state index in [0.717, 1.165) is 32.4 Å². The molecule has 21 heavy (non-hydrogen) atoms. The molecule has 0 radical (unpaired) electrons. The number of β-amino-alcohol motifs (C(OH)–C–C–N with tert-alkyl or cyclic N) is 1. The summed E-state index contributed by atoms with van der Waals surface area (Å²) < 4.78 is 0. The average molecular weight is 296 g/mol. The fourth-order valence-electron chi connectivity index (χ4n) is 3.14. The maximum absolute atomic E-state index is 12.1. The molecule has 2 N–H and O–H groups in total. The number of hydrogen-bond donors (Lipinski definition) is 2. The van der Waals surface area contributed by atoms with E-state index in [-0.39, 0.29) is 18.1 Å². The third-order valence-corrected chi connectivity index (χ3v) is 4.45. The van der Waals surface area contributed by atoms with Gasteiger partial charge in [-0.2, -0.15) is 0 Å². The van der Waals surface area contributed by atoms with E-state index in [1.807, 2.05) is 19.9 Å². The minimum absolute atomic E-state index is 0.00438. The minimum Gasteiger partial charge on any atom is -0.393 e. The van der Waals surface area contributed by atoms with E-state index >= 15 is 0 Å². The SMILES string of the molecule is CC(C)/C=C/C(=O)N1CC[C@@H](N2CCC(O)CC2)[C@H](O)C1. The van der Waals surface area contributed by atoms with Crippen LogP contribution in [0.4, 0.5) is 0 Å². The molecule has 2 heterocycles. The molecule has 0 aromatic carbocycles. The van der Waals surface area contributed by atoms with Crippen molar-refractivity contribution in [1.29, 1.82) is 0 Å². The van der Waals surface area contributed by atoms with Gasteiger partial charge in [0, 0.05) is 32.2 Å². The Bertz CT molecular complexity index is 376. The molecular formula is C16H28N2O3. The van der Waals surface area contributed by atoms with Gasteiger partial charge < -0.3 is 15.1 Å². The summed E-state index contributed by atoms with van der Waals surface area (Å²) in [7, 11) is 0. The lowest BCUT2D eigenvalue weighted by Crippen LogP contribution is -2.56. The predicted molar refractivity (Wildman–Crippen MR) is 81.8 cm³/mol. The molecule has 5 nitrogen and oxygen atoms in total. The van der Waals surface area contributed by atoms with Crippen LogP contribution in [0, 0.1) is 5.92 Å². The molecule has 2 saturated heterocycles. The zero-order valence-electron chi connectivity index (χ0n) is 13.1. The lowest BCUT2D eigenvalue weighted by atomic mass is 9.96. The molecule has 0 spiro atoms. The van der Waals surface area contributed by atoms with Crippen LogP contribution in [0.2, 0.25) is 0 Å². The average Bonchev–Trinajstić information content (AvgIpc) is 2.45. The Balaban J connectivity index is 1.85. The summed E-state index contributed by atoms with van der Waals surface area (Å²) in [5, 5.41) is 19.9. The van der Waals surface area contributed by atoms with E-state index < -0.39 is 6.10 Å². The Morgan fingerprint density at radius 1 is 1.14 bits per heavy atom. The summed E-state index contributed by atoms with van der Waals surface area (Å²) in [5.74, 6) is 0.353. The van der Waals surface area contributed by atoms with Gasteiger partial charge in [0.05, 0.1) is 12.2 Å². The Morgan fingerprint density at radius 3 is 2.38 bits per heavy atom. The fraction of sp³-hybridized carbons (Fsp3) is 0.812. The van der Waals surface area contributed by atoms with Crippen molar-refractivity contribution in [2.45, 2.75) is 51.4 Å². The number of piperidine rings is 2. The van der Waals surface area contributed by atoms with Crippen LogP contribution in [-0.2, 0) is 4.79 Å². The molecule has 2 fully saturated rings. The van der Waals surface area contributed by atoms with Gasteiger partial charge in [0.2, 0.25) is 5.91 Å². The van der Waals surface area contributed by atoms with Crippen LogP contribution in [0.15, 0.2) is 12.2 Å². The van der Waals surface area contributed by atoms with E-state index in [1.54, 1.807) is 11.0 Å². The van der Waals surface area contributed by atoms with E-state index in [2.05, 4.69) is 4.90 Å². The largest absolute Gasteiger partial charge is 0.393 e. The van der Waals surface area contributed by atoms with Crippen LogP contribution < -0.4 is 0 Å². The maximum atomic E-state index is 12.1. The van der Waals surface area contributed by atoms with Gasteiger partial charge in [-0.1, -0.05) is 19.9 Å². The second-order valence-corrected chi connectivity index (χ2v) is 6.58. The third kappa shape index (κ3) is 4.53. The van der Waals surface area contributed by atoms with Gasteiger partial charge in [-0.25, -0.2) is 0 Å². The van der Waals surface area contributed by atoms with Crippen LogP contribution in [0.3, 0.4) is 0 Å². The molecule has 0 aromatic heterocycles. The maximum Gasteiger partial charge on any atom is 0.246 e. The second-order valence-electron chi connectivity index (χ2n) is 6.58. The summed E-state index contributed by atoms with van der Waals surface area (Å²) in [5.41, 5.74) is 0. The summed E-state index contributed by atoms with van der Waals surface area (Å²) >= 11 is 0. The number of aliphatic hydroxyl groups excluding tert-OH is 2. The van der Waals surface area contributed by atoms with Gasteiger partial charge in [0.1, 0.15) is 0 Å². The number of hydrogen-bond acceptors (Lipinski definition) is 4. The van der Waals surface area contributed by atoms with Crippen LogP contribution in [-0.4, -0.2) is 70.3 Å². The van der Waals surface area contributed by atoms with Crippen molar-refractivity contribution in [3.8, 4) is 0 Å². The molecular weight excluding hydrogens is 268 g/mol.